The fraction of sp³-hybridized carbons (Fsp3) is 0.278. The third-order valence-corrected chi connectivity index (χ3v) is 9.39. The minimum atomic E-state index is -4.30. The van der Waals surface area contributed by atoms with Gasteiger partial charge < -0.3 is 15.0 Å². The molecule has 0 aliphatic carbocycles. The van der Waals surface area contributed by atoms with Crippen molar-refractivity contribution in [2.24, 2.45) is 0 Å². The van der Waals surface area contributed by atoms with E-state index in [1.807, 2.05) is 44.2 Å². The molecule has 0 aromatic heterocycles. The predicted octanol–water partition coefficient (Wildman–Crippen LogP) is 5.97. The number of ether oxygens (including phenoxy) is 1. The van der Waals surface area contributed by atoms with Crippen molar-refractivity contribution in [3.63, 3.8) is 0 Å². The number of hydrogen-bond acceptors (Lipinski definition) is 5. The van der Waals surface area contributed by atoms with E-state index in [2.05, 4.69) is 5.32 Å². The number of sulfonamides is 1. The first-order valence-corrected chi connectivity index (χ1v) is 16.8. The van der Waals surface area contributed by atoms with Gasteiger partial charge in [-0.1, -0.05) is 85.8 Å². The third-order valence-electron chi connectivity index (χ3n) is 7.61. The summed E-state index contributed by atoms with van der Waals surface area (Å²) >= 11 is 0. The first kappa shape index (κ1) is 34.2. The lowest BCUT2D eigenvalue weighted by Gasteiger charge is -2.34. The molecule has 0 unspecified atom stereocenters. The van der Waals surface area contributed by atoms with Crippen molar-refractivity contribution in [2.75, 3.05) is 17.5 Å². The van der Waals surface area contributed by atoms with Gasteiger partial charge in [-0.2, -0.15) is 0 Å². The molecule has 0 bridgehead atoms. The molecule has 10 heteroatoms. The Morgan fingerprint density at radius 1 is 0.848 bits per heavy atom. The molecule has 0 radical (unpaired) electrons. The highest BCUT2D eigenvalue weighted by Gasteiger charge is 2.36. The number of para-hydroxylation sites is 2. The van der Waals surface area contributed by atoms with Crippen LogP contribution < -0.4 is 14.4 Å². The summed E-state index contributed by atoms with van der Waals surface area (Å²) in [4.78, 5) is 29.7. The van der Waals surface area contributed by atoms with Gasteiger partial charge in [0.1, 0.15) is 24.2 Å². The molecular weight excluding hydrogens is 605 g/mol. The molecule has 0 heterocycles. The molecule has 242 valence electrons. The van der Waals surface area contributed by atoms with Crippen LogP contribution in [0.4, 0.5) is 10.1 Å². The lowest BCUT2D eigenvalue weighted by atomic mass is 10.0. The average Bonchev–Trinajstić information content (AvgIpc) is 3.07. The number of nitrogens with zero attached hydrogens (tertiary/aromatic N) is 2. The molecule has 2 atom stereocenters. The topological polar surface area (TPSA) is 96.0 Å². The highest BCUT2D eigenvalue weighted by atomic mass is 32.2. The van der Waals surface area contributed by atoms with Crippen molar-refractivity contribution in [1.29, 1.82) is 0 Å². The van der Waals surface area contributed by atoms with Gasteiger partial charge >= 0.3 is 0 Å². The lowest BCUT2D eigenvalue weighted by molar-refractivity contribution is -0.140. The van der Waals surface area contributed by atoms with E-state index in [0.717, 1.165) is 9.87 Å². The van der Waals surface area contributed by atoms with E-state index in [1.165, 1.54) is 23.1 Å². The normalized spacial score (nSPS) is 12.5. The van der Waals surface area contributed by atoms with Gasteiger partial charge in [0.15, 0.2) is 0 Å². The van der Waals surface area contributed by atoms with Gasteiger partial charge in [-0.15, -0.1) is 0 Å². The number of halogens is 1. The van der Waals surface area contributed by atoms with Gasteiger partial charge in [0.2, 0.25) is 11.8 Å². The highest BCUT2D eigenvalue weighted by Crippen LogP contribution is 2.33. The molecule has 0 aliphatic rings. The van der Waals surface area contributed by atoms with E-state index < -0.39 is 40.2 Å². The monoisotopic (exact) mass is 645 g/mol. The van der Waals surface area contributed by atoms with Crippen molar-refractivity contribution in [3.05, 3.63) is 126 Å². The van der Waals surface area contributed by atoms with Gasteiger partial charge in [-0.05, 0) is 56.2 Å². The maximum atomic E-state index is 15.1. The molecule has 1 N–H and O–H groups in total. The zero-order chi connectivity index (χ0) is 33.1. The van der Waals surface area contributed by atoms with E-state index >= 15 is 4.39 Å². The summed E-state index contributed by atoms with van der Waals surface area (Å²) in [5.74, 6) is -1.38. The van der Waals surface area contributed by atoms with Gasteiger partial charge in [-0.3, -0.25) is 13.9 Å². The van der Waals surface area contributed by atoms with Crippen LogP contribution in [0.15, 0.2) is 114 Å². The molecule has 0 saturated carbocycles. The zero-order valence-corrected chi connectivity index (χ0v) is 27.1. The molecule has 4 aromatic carbocycles. The van der Waals surface area contributed by atoms with Crippen LogP contribution in [0.3, 0.4) is 0 Å². The second-order valence-electron chi connectivity index (χ2n) is 10.9. The van der Waals surface area contributed by atoms with Crippen molar-refractivity contribution < 1.29 is 27.1 Å². The Morgan fingerprint density at radius 3 is 2.11 bits per heavy atom. The van der Waals surface area contributed by atoms with Crippen LogP contribution in [0.1, 0.15) is 38.3 Å². The summed E-state index contributed by atoms with van der Waals surface area (Å²) in [7, 11) is -4.30. The second-order valence-corrected chi connectivity index (χ2v) is 12.7. The number of carbonyl (C=O) groups excluding carboxylic acids is 2. The number of benzene rings is 4. The quantitative estimate of drug-likeness (QED) is 0.172. The van der Waals surface area contributed by atoms with Gasteiger partial charge in [0, 0.05) is 24.6 Å². The molecule has 0 spiro atoms. The maximum absolute atomic E-state index is 15.1. The molecule has 0 aliphatic heterocycles. The number of carbonyl (C=O) groups is 2. The maximum Gasteiger partial charge on any atom is 0.264 e. The Balaban J connectivity index is 1.84. The summed E-state index contributed by atoms with van der Waals surface area (Å²) in [6, 6.07) is 28.3. The fourth-order valence-corrected chi connectivity index (χ4v) is 6.42. The summed E-state index contributed by atoms with van der Waals surface area (Å²) in [5.41, 5.74) is 1.14. The van der Waals surface area contributed by atoms with Crippen LogP contribution in [0.2, 0.25) is 0 Å². The number of anilines is 1. The Morgan fingerprint density at radius 2 is 1.46 bits per heavy atom. The van der Waals surface area contributed by atoms with Crippen molar-refractivity contribution in [3.8, 4) is 5.75 Å². The minimum Gasteiger partial charge on any atom is -0.492 e. The molecule has 0 saturated heterocycles. The van der Waals surface area contributed by atoms with Crippen LogP contribution in [-0.4, -0.2) is 50.4 Å². The van der Waals surface area contributed by atoms with Crippen LogP contribution >= 0.6 is 0 Å². The van der Waals surface area contributed by atoms with Crippen LogP contribution in [0.25, 0.3) is 0 Å². The van der Waals surface area contributed by atoms with E-state index in [0.29, 0.717) is 6.42 Å². The Labute approximate surface area is 270 Å². The van der Waals surface area contributed by atoms with Crippen molar-refractivity contribution in [2.45, 2.75) is 57.1 Å². The summed E-state index contributed by atoms with van der Waals surface area (Å²) in [5, 5.41) is 2.97. The highest BCUT2D eigenvalue weighted by molar-refractivity contribution is 7.92. The Kier molecular flexibility index (Phi) is 11.9. The number of rotatable bonds is 15. The fourth-order valence-electron chi connectivity index (χ4n) is 4.98. The predicted molar refractivity (Wildman–Crippen MR) is 177 cm³/mol. The first-order valence-electron chi connectivity index (χ1n) is 15.3. The standard InChI is InChI=1S/C36H40FN3O5S/c1-4-27(3)38-36(42)33(24-28-16-8-6-9-17-28)39(25-29-18-12-13-21-31(29)37)35(41)26-40(32-22-14-15-23-34(32)45-5-2)46(43,44)30-19-10-7-11-20-30/h6-23,27,33H,4-5,24-26H2,1-3H3,(H,38,42)/t27-,33+/m1/s1. The summed E-state index contributed by atoms with van der Waals surface area (Å²) in [6.45, 7) is 4.90. The van der Waals surface area contributed by atoms with E-state index in [9.17, 15) is 18.0 Å². The van der Waals surface area contributed by atoms with E-state index in [4.69, 9.17) is 4.74 Å². The van der Waals surface area contributed by atoms with Crippen LogP contribution in [-0.2, 0) is 32.6 Å². The molecule has 4 aromatic rings. The third kappa shape index (κ3) is 8.51. The van der Waals surface area contributed by atoms with E-state index in [-0.39, 0.29) is 47.5 Å². The smallest absolute Gasteiger partial charge is 0.264 e. The zero-order valence-electron chi connectivity index (χ0n) is 26.3. The molecule has 4 rings (SSSR count). The second kappa shape index (κ2) is 16.0. The molecule has 2 amide bonds. The summed E-state index contributed by atoms with van der Waals surface area (Å²) < 4.78 is 50.3. The average molecular weight is 646 g/mol. The number of hydrogen-bond donors (Lipinski definition) is 1. The van der Waals surface area contributed by atoms with Crippen molar-refractivity contribution >= 4 is 27.5 Å². The van der Waals surface area contributed by atoms with Gasteiger partial charge in [-0.25, -0.2) is 12.8 Å². The first-order chi connectivity index (χ1) is 22.1. The van der Waals surface area contributed by atoms with Gasteiger partial charge in [0.05, 0.1) is 17.2 Å². The molecule has 0 fully saturated rings. The lowest BCUT2D eigenvalue weighted by Crippen LogP contribution is -2.54. The SMILES string of the molecule is CCOc1ccccc1N(CC(=O)N(Cc1ccccc1F)[C@@H](Cc1ccccc1)C(=O)N[C@H](C)CC)S(=O)(=O)c1ccccc1. The van der Waals surface area contributed by atoms with Crippen LogP contribution in [0.5, 0.6) is 5.75 Å². The summed E-state index contributed by atoms with van der Waals surface area (Å²) in [6.07, 6.45) is 0.784. The minimum absolute atomic E-state index is 0.0231. The largest absolute Gasteiger partial charge is 0.492 e. The van der Waals surface area contributed by atoms with Gasteiger partial charge in [0.25, 0.3) is 10.0 Å². The van der Waals surface area contributed by atoms with E-state index in [1.54, 1.807) is 67.6 Å². The molecular formula is C36H40FN3O5S. The number of nitrogens with one attached hydrogen (secondary N) is 1. The Bertz CT molecular complexity index is 1700. The Hall–Kier alpha value is -4.70. The molecule has 46 heavy (non-hydrogen) atoms. The molecule has 8 nitrogen and oxygen atoms in total. The van der Waals surface area contributed by atoms with Crippen molar-refractivity contribution in [1.82, 2.24) is 10.2 Å². The van der Waals surface area contributed by atoms with Crippen LogP contribution in [0, 0.1) is 5.82 Å². The number of amides is 2.